The van der Waals surface area contributed by atoms with Gasteiger partial charge in [0, 0.05) is 23.0 Å². The molecule has 3 heteroatoms. The number of piperidine rings is 1. The quantitative estimate of drug-likeness (QED) is 0.761. The summed E-state index contributed by atoms with van der Waals surface area (Å²) in [5, 5.41) is 9.43. The van der Waals surface area contributed by atoms with Crippen LogP contribution in [0.3, 0.4) is 0 Å². The Labute approximate surface area is 124 Å². The van der Waals surface area contributed by atoms with Gasteiger partial charge in [0.15, 0.2) is 0 Å². The van der Waals surface area contributed by atoms with Crippen molar-refractivity contribution in [2.24, 2.45) is 5.92 Å². The van der Waals surface area contributed by atoms with Gasteiger partial charge < -0.3 is 15.1 Å². The molecule has 0 aliphatic carbocycles. The van der Waals surface area contributed by atoms with Crippen LogP contribution in [0.1, 0.15) is 12.8 Å². The maximum absolute atomic E-state index is 5.86. The summed E-state index contributed by atoms with van der Waals surface area (Å²) in [5.74, 6) is 0.732. The van der Waals surface area contributed by atoms with E-state index in [1.165, 1.54) is 35.8 Å². The molecule has 3 nitrogen and oxygen atoms in total. The highest BCUT2D eigenvalue weighted by Crippen LogP contribution is 2.30. The van der Waals surface area contributed by atoms with Gasteiger partial charge in [-0.25, -0.2) is 0 Å². The minimum absolute atomic E-state index is 0.732. The van der Waals surface area contributed by atoms with Gasteiger partial charge in [0.25, 0.3) is 0 Å². The molecule has 1 saturated heterocycles. The zero-order valence-corrected chi connectivity index (χ0v) is 12.1. The van der Waals surface area contributed by atoms with Crippen molar-refractivity contribution in [3.8, 4) is 0 Å². The first-order chi connectivity index (χ1) is 10.4. The lowest BCUT2D eigenvalue weighted by atomic mass is 9.99. The van der Waals surface area contributed by atoms with E-state index >= 15 is 0 Å². The number of anilines is 1. The van der Waals surface area contributed by atoms with E-state index in [1.807, 2.05) is 12.1 Å². The number of fused-ring (bicyclic) bond motifs is 3. The van der Waals surface area contributed by atoms with Gasteiger partial charge in [-0.05, 0) is 56.1 Å². The molecule has 1 fully saturated rings. The largest absolute Gasteiger partial charge is 0.456 e. The number of furan rings is 1. The minimum Gasteiger partial charge on any atom is -0.456 e. The summed E-state index contributed by atoms with van der Waals surface area (Å²) in [6.07, 6.45) is 2.61. The maximum atomic E-state index is 5.86. The van der Waals surface area contributed by atoms with Gasteiger partial charge in [0.1, 0.15) is 11.2 Å². The Morgan fingerprint density at radius 3 is 2.90 bits per heavy atom. The van der Waals surface area contributed by atoms with Crippen LogP contribution >= 0.6 is 0 Å². The Hall–Kier alpha value is -2.00. The van der Waals surface area contributed by atoms with Crippen molar-refractivity contribution in [1.29, 1.82) is 0 Å². The molecule has 0 spiro atoms. The van der Waals surface area contributed by atoms with Crippen LogP contribution in [0.15, 0.2) is 46.9 Å². The minimum atomic E-state index is 0.732. The summed E-state index contributed by atoms with van der Waals surface area (Å²) in [6, 6.07) is 14.6. The molecular formula is C18H20N2O. The molecule has 2 N–H and O–H groups in total. The summed E-state index contributed by atoms with van der Waals surface area (Å²) < 4.78 is 5.86. The van der Waals surface area contributed by atoms with Crippen LogP contribution in [0.4, 0.5) is 5.69 Å². The van der Waals surface area contributed by atoms with E-state index in [0.717, 1.165) is 30.2 Å². The van der Waals surface area contributed by atoms with Crippen LogP contribution in [0, 0.1) is 5.92 Å². The van der Waals surface area contributed by atoms with Crippen LogP contribution < -0.4 is 10.6 Å². The Kier molecular flexibility index (Phi) is 3.28. The van der Waals surface area contributed by atoms with E-state index in [0.29, 0.717) is 0 Å². The zero-order chi connectivity index (χ0) is 14.1. The molecule has 1 aliphatic heterocycles. The van der Waals surface area contributed by atoms with Gasteiger partial charge in [0.2, 0.25) is 0 Å². The highest BCUT2D eigenvalue weighted by atomic mass is 16.3. The van der Waals surface area contributed by atoms with E-state index in [9.17, 15) is 0 Å². The summed E-state index contributed by atoms with van der Waals surface area (Å²) in [5.41, 5.74) is 3.10. The lowest BCUT2D eigenvalue weighted by Crippen LogP contribution is -2.33. The predicted octanol–water partition coefficient (Wildman–Crippen LogP) is 4.00. The number of rotatable bonds is 3. The van der Waals surface area contributed by atoms with Gasteiger partial charge in [0.05, 0.1) is 0 Å². The van der Waals surface area contributed by atoms with Gasteiger partial charge in [-0.2, -0.15) is 0 Å². The third-order valence-electron chi connectivity index (χ3n) is 4.37. The summed E-state index contributed by atoms with van der Waals surface area (Å²) in [4.78, 5) is 0. The fourth-order valence-electron chi connectivity index (χ4n) is 3.20. The van der Waals surface area contributed by atoms with Crippen LogP contribution in [0.25, 0.3) is 21.9 Å². The maximum Gasteiger partial charge on any atom is 0.135 e. The summed E-state index contributed by atoms with van der Waals surface area (Å²) in [7, 11) is 0. The smallest absolute Gasteiger partial charge is 0.135 e. The van der Waals surface area contributed by atoms with Crippen LogP contribution in [-0.2, 0) is 0 Å². The van der Waals surface area contributed by atoms with Crippen molar-refractivity contribution < 1.29 is 4.42 Å². The van der Waals surface area contributed by atoms with Gasteiger partial charge in [-0.3, -0.25) is 0 Å². The van der Waals surface area contributed by atoms with Crippen molar-refractivity contribution >= 4 is 27.6 Å². The summed E-state index contributed by atoms with van der Waals surface area (Å²) >= 11 is 0. The Morgan fingerprint density at radius 1 is 1.10 bits per heavy atom. The lowest BCUT2D eigenvalue weighted by Gasteiger charge is -2.23. The predicted molar refractivity (Wildman–Crippen MR) is 87.8 cm³/mol. The molecule has 4 rings (SSSR count). The topological polar surface area (TPSA) is 37.2 Å². The van der Waals surface area contributed by atoms with Crippen LogP contribution in [0.5, 0.6) is 0 Å². The third kappa shape index (κ3) is 2.49. The monoisotopic (exact) mass is 280 g/mol. The molecule has 0 bridgehead atoms. The molecule has 1 unspecified atom stereocenters. The third-order valence-corrected chi connectivity index (χ3v) is 4.37. The van der Waals surface area contributed by atoms with E-state index in [1.54, 1.807) is 0 Å². The number of para-hydroxylation sites is 1. The molecule has 108 valence electrons. The lowest BCUT2D eigenvalue weighted by molar-refractivity contribution is 0.393. The molecule has 2 heterocycles. The highest BCUT2D eigenvalue weighted by molar-refractivity contribution is 6.05. The fourth-order valence-corrected chi connectivity index (χ4v) is 3.20. The van der Waals surface area contributed by atoms with E-state index in [-0.39, 0.29) is 0 Å². The van der Waals surface area contributed by atoms with Crippen molar-refractivity contribution in [2.75, 3.05) is 25.0 Å². The van der Waals surface area contributed by atoms with Gasteiger partial charge in [-0.15, -0.1) is 0 Å². The first-order valence-corrected chi connectivity index (χ1v) is 7.76. The fraction of sp³-hybridized carbons (Fsp3) is 0.333. The number of hydrogen-bond donors (Lipinski definition) is 2. The molecule has 1 atom stereocenters. The SMILES string of the molecule is c1ccc2c(c1)oc1ccc(NCC3CCCNC3)cc12. The van der Waals surface area contributed by atoms with Crippen LogP contribution in [-0.4, -0.2) is 19.6 Å². The number of benzene rings is 2. The summed E-state index contributed by atoms with van der Waals surface area (Å²) in [6.45, 7) is 3.33. The molecule has 21 heavy (non-hydrogen) atoms. The van der Waals surface area contributed by atoms with Gasteiger partial charge in [-0.1, -0.05) is 18.2 Å². The van der Waals surface area contributed by atoms with E-state index in [2.05, 4.69) is 41.0 Å². The Morgan fingerprint density at radius 2 is 2.00 bits per heavy atom. The standard InChI is InChI=1S/C18H20N2O/c1-2-6-17-15(5-1)16-10-14(7-8-18(16)21-17)20-12-13-4-3-9-19-11-13/h1-2,5-8,10,13,19-20H,3-4,9,11-12H2. The zero-order valence-electron chi connectivity index (χ0n) is 12.1. The molecule has 3 aromatic rings. The second-order valence-corrected chi connectivity index (χ2v) is 5.90. The van der Waals surface area contributed by atoms with Crippen molar-refractivity contribution in [3.05, 3.63) is 42.5 Å². The molecular weight excluding hydrogens is 260 g/mol. The molecule has 2 aromatic carbocycles. The van der Waals surface area contributed by atoms with Crippen LogP contribution in [0.2, 0.25) is 0 Å². The molecule has 1 aliphatic rings. The van der Waals surface area contributed by atoms with Crippen molar-refractivity contribution in [2.45, 2.75) is 12.8 Å². The first kappa shape index (κ1) is 12.7. The van der Waals surface area contributed by atoms with Crippen molar-refractivity contribution in [3.63, 3.8) is 0 Å². The molecule has 0 saturated carbocycles. The van der Waals surface area contributed by atoms with E-state index in [4.69, 9.17) is 4.42 Å². The number of hydrogen-bond acceptors (Lipinski definition) is 3. The number of nitrogens with one attached hydrogen (secondary N) is 2. The molecule has 0 radical (unpaired) electrons. The first-order valence-electron chi connectivity index (χ1n) is 7.76. The second-order valence-electron chi connectivity index (χ2n) is 5.90. The van der Waals surface area contributed by atoms with E-state index < -0.39 is 0 Å². The average molecular weight is 280 g/mol. The van der Waals surface area contributed by atoms with Gasteiger partial charge >= 0.3 is 0 Å². The highest BCUT2D eigenvalue weighted by Gasteiger charge is 2.13. The molecule has 0 amide bonds. The molecule has 1 aromatic heterocycles. The average Bonchev–Trinajstić information content (AvgIpc) is 2.92. The Balaban J connectivity index is 1.59. The van der Waals surface area contributed by atoms with Crippen molar-refractivity contribution in [1.82, 2.24) is 5.32 Å². The Bertz CT molecular complexity index is 756. The second kappa shape index (κ2) is 5.41. The normalized spacial score (nSPS) is 19.1.